The molecule has 0 saturated carbocycles. The van der Waals surface area contributed by atoms with E-state index < -0.39 is 5.60 Å². The van der Waals surface area contributed by atoms with E-state index in [1.54, 1.807) is 7.11 Å². The van der Waals surface area contributed by atoms with Gasteiger partial charge in [-0.2, -0.15) is 0 Å². The lowest BCUT2D eigenvalue weighted by Crippen LogP contribution is -2.33. The first-order valence-corrected chi connectivity index (χ1v) is 7.27. The third-order valence-corrected chi connectivity index (χ3v) is 4.21. The number of rotatable bonds is 4. The van der Waals surface area contributed by atoms with E-state index >= 15 is 0 Å². The Labute approximate surface area is 122 Å². The highest BCUT2D eigenvalue weighted by Crippen LogP contribution is 2.35. The average molecular weight is 330 g/mol. The largest absolute Gasteiger partial charge is 0.378 e. The van der Waals surface area contributed by atoms with Crippen molar-refractivity contribution in [2.45, 2.75) is 38.4 Å². The van der Waals surface area contributed by atoms with Gasteiger partial charge in [-0.25, -0.2) is 9.97 Å². The van der Waals surface area contributed by atoms with Gasteiger partial charge in [0.15, 0.2) is 5.82 Å². The summed E-state index contributed by atoms with van der Waals surface area (Å²) < 4.78 is 12.0. The first-order valence-electron chi connectivity index (χ1n) is 6.48. The first-order chi connectivity index (χ1) is 9.10. The monoisotopic (exact) mass is 329 g/mol. The van der Waals surface area contributed by atoms with Gasteiger partial charge in [-0.3, -0.25) is 0 Å². The van der Waals surface area contributed by atoms with E-state index in [-0.39, 0.29) is 0 Å². The maximum atomic E-state index is 5.92. The Morgan fingerprint density at radius 3 is 2.79 bits per heavy atom. The van der Waals surface area contributed by atoms with Crippen molar-refractivity contribution < 1.29 is 9.47 Å². The Kier molecular flexibility index (Phi) is 4.76. The van der Waals surface area contributed by atoms with Gasteiger partial charge in [0.25, 0.3) is 0 Å². The number of methoxy groups -OCH3 is 1. The molecule has 1 fully saturated rings. The van der Waals surface area contributed by atoms with Crippen LogP contribution in [0.2, 0.25) is 0 Å². The SMILES string of the molecule is CNc1nc(C2(C)CCCCO2)nc(COC)c1Br. The number of hydrogen-bond acceptors (Lipinski definition) is 5. The van der Waals surface area contributed by atoms with Crippen LogP contribution in [-0.2, 0) is 21.7 Å². The van der Waals surface area contributed by atoms with Crippen LogP contribution in [0.5, 0.6) is 0 Å². The molecule has 1 unspecified atom stereocenters. The topological polar surface area (TPSA) is 56.3 Å². The number of aromatic nitrogens is 2. The second kappa shape index (κ2) is 6.15. The molecule has 0 aromatic carbocycles. The third kappa shape index (κ3) is 3.07. The molecule has 0 amide bonds. The second-order valence-corrected chi connectivity index (χ2v) is 5.67. The van der Waals surface area contributed by atoms with Gasteiger partial charge in [0.1, 0.15) is 11.4 Å². The van der Waals surface area contributed by atoms with E-state index in [0.717, 1.165) is 47.7 Å². The van der Waals surface area contributed by atoms with Crippen LogP contribution in [0.3, 0.4) is 0 Å². The lowest BCUT2D eigenvalue weighted by molar-refractivity contribution is -0.0762. The second-order valence-electron chi connectivity index (χ2n) is 4.88. The lowest BCUT2D eigenvalue weighted by atomic mass is 9.95. The van der Waals surface area contributed by atoms with Gasteiger partial charge in [0, 0.05) is 20.8 Å². The minimum atomic E-state index is -0.396. The van der Waals surface area contributed by atoms with E-state index in [1.807, 2.05) is 7.05 Å². The van der Waals surface area contributed by atoms with Crippen molar-refractivity contribution in [3.8, 4) is 0 Å². The minimum Gasteiger partial charge on any atom is -0.378 e. The molecule has 0 bridgehead atoms. The molecule has 6 heteroatoms. The number of hydrogen-bond donors (Lipinski definition) is 1. The van der Waals surface area contributed by atoms with Crippen LogP contribution in [0.15, 0.2) is 4.47 Å². The van der Waals surface area contributed by atoms with Gasteiger partial charge in [0.05, 0.1) is 16.8 Å². The smallest absolute Gasteiger partial charge is 0.162 e. The summed E-state index contributed by atoms with van der Waals surface area (Å²) in [6.45, 7) is 3.27. The van der Waals surface area contributed by atoms with Crippen molar-refractivity contribution >= 4 is 21.7 Å². The number of nitrogens with one attached hydrogen (secondary N) is 1. The van der Waals surface area contributed by atoms with Gasteiger partial charge in [-0.1, -0.05) is 0 Å². The van der Waals surface area contributed by atoms with E-state index in [2.05, 4.69) is 38.1 Å². The van der Waals surface area contributed by atoms with Gasteiger partial charge in [0.2, 0.25) is 0 Å². The molecule has 0 spiro atoms. The number of halogens is 1. The van der Waals surface area contributed by atoms with Gasteiger partial charge in [-0.05, 0) is 42.1 Å². The van der Waals surface area contributed by atoms with Crippen molar-refractivity contribution in [3.05, 3.63) is 16.0 Å². The van der Waals surface area contributed by atoms with Crippen molar-refractivity contribution in [3.63, 3.8) is 0 Å². The molecule has 2 heterocycles. The molecule has 1 saturated heterocycles. The molecule has 1 aromatic rings. The fraction of sp³-hybridized carbons (Fsp3) is 0.692. The van der Waals surface area contributed by atoms with Crippen molar-refractivity contribution in [1.82, 2.24) is 9.97 Å². The summed E-state index contributed by atoms with van der Waals surface area (Å²) in [5, 5.41) is 3.08. The molecule has 19 heavy (non-hydrogen) atoms. The predicted molar refractivity (Wildman–Crippen MR) is 77.1 cm³/mol. The van der Waals surface area contributed by atoms with E-state index in [9.17, 15) is 0 Å². The highest BCUT2D eigenvalue weighted by molar-refractivity contribution is 9.10. The molecule has 2 rings (SSSR count). The van der Waals surface area contributed by atoms with E-state index in [4.69, 9.17) is 9.47 Å². The molecular weight excluding hydrogens is 310 g/mol. The summed E-state index contributed by atoms with van der Waals surface area (Å²) in [5.74, 6) is 1.50. The lowest BCUT2D eigenvalue weighted by Gasteiger charge is -2.32. The van der Waals surface area contributed by atoms with Crippen LogP contribution >= 0.6 is 15.9 Å². The summed E-state index contributed by atoms with van der Waals surface area (Å²) in [7, 11) is 3.50. The molecule has 0 aliphatic carbocycles. The Hall–Kier alpha value is -0.720. The molecule has 0 radical (unpaired) electrons. The number of anilines is 1. The Bertz CT molecular complexity index is 448. The molecule has 1 aliphatic heterocycles. The van der Waals surface area contributed by atoms with Crippen LogP contribution in [0.25, 0.3) is 0 Å². The third-order valence-electron chi connectivity index (χ3n) is 3.38. The number of ether oxygens (including phenoxy) is 2. The van der Waals surface area contributed by atoms with Gasteiger partial charge in [-0.15, -0.1) is 0 Å². The molecule has 106 valence electrons. The van der Waals surface area contributed by atoms with Crippen LogP contribution in [0, 0.1) is 0 Å². The molecule has 1 atom stereocenters. The van der Waals surface area contributed by atoms with Crippen LogP contribution in [0.1, 0.15) is 37.7 Å². The normalized spacial score (nSPS) is 23.4. The maximum absolute atomic E-state index is 5.92. The average Bonchev–Trinajstić information content (AvgIpc) is 2.42. The summed E-state index contributed by atoms with van der Waals surface area (Å²) in [6.07, 6.45) is 3.20. The van der Waals surface area contributed by atoms with E-state index in [1.165, 1.54) is 0 Å². The number of nitrogens with zero attached hydrogens (tertiary/aromatic N) is 2. The maximum Gasteiger partial charge on any atom is 0.162 e. The quantitative estimate of drug-likeness (QED) is 0.920. The highest BCUT2D eigenvalue weighted by Gasteiger charge is 2.34. The van der Waals surface area contributed by atoms with Crippen LogP contribution < -0.4 is 5.32 Å². The van der Waals surface area contributed by atoms with Crippen LogP contribution in [-0.4, -0.2) is 30.7 Å². The summed E-state index contributed by atoms with van der Waals surface area (Å²) >= 11 is 3.51. The summed E-state index contributed by atoms with van der Waals surface area (Å²) in [6, 6.07) is 0. The zero-order chi connectivity index (χ0) is 13.9. The fourth-order valence-electron chi connectivity index (χ4n) is 2.24. The predicted octanol–water partition coefficient (Wildman–Crippen LogP) is 2.84. The van der Waals surface area contributed by atoms with E-state index in [0.29, 0.717) is 6.61 Å². The van der Waals surface area contributed by atoms with Crippen molar-refractivity contribution in [2.75, 3.05) is 26.1 Å². The fourth-order valence-corrected chi connectivity index (χ4v) is 2.73. The summed E-state index contributed by atoms with van der Waals surface area (Å²) in [5.41, 5.74) is 0.444. The zero-order valence-corrected chi connectivity index (χ0v) is 13.2. The van der Waals surface area contributed by atoms with Crippen molar-refractivity contribution in [1.29, 1.82) is 0 Å². The molecule has 1 aromatic heterocycles. The Balaban J connectivity index is 2.41. The van der Waals surface area contributed by atoms with Crippen LogP contribution in [0.4, 0.5) is 5.82 Å². The highest BCUT2D eigenvalue weighted by atomic mass is 79.9. The Morgan fingerprint density at radius 1 is 1.42 bits per heavy atom. The standard InChI is InChI=1S/C13H20BrN3O2/c1-13(6-4-5-7-19-13)12-16-9(8-18-3)10(14)11(15-2)17-12/h4-8H2,1-3H3,(H,15,16,17). The van der Waals surface area contributed by atoms with Crippen molar-refractivity contribution in [2.24, 2.45) is 0 Å². The molecule has 5 nitrogen and oxygen atoms in total. The summed E-state index contributed by atoms with van der Waals surface area (Å²) in [4.78, 5) is 9.20. The van der Waals surface area contributed by atoms with Gasteiger partial charge < -0.3 is 14.8 Å². The molecule has 1 aliphatic rings. The zero-order valence-electron chi connectivity index (χ0n) is 11.6. The molecule has 1 N–H and O–H groups in total. The van der Waals surface area contributed by atoms with Gasteiger partial charge >= 0.3 is 0 Å². The first kappa shape index (κ1) is 14.7. The molecular formula is C13H20BrN3O2. The Morgan fingerprint density at radius 2 is 2.21 bits per heavy atom. The minimum absolute atomic E-state index is 0.396.